The van der Waals surface area contributed by atoms with Crippen LogP contribution in [0.2, 0.25) is 0 Å². The lowest BCUT2D eigenvalue weighted by molar-refractivity contribution is 0.301. The van der Waals surface area contributed by atoms with Crippen molar-refractivity contribution in [3.8, 4) is 5.75 Å². The second-order valence-corrected chi connectivity index (χ2v) is 4.80. The van der Waals surface area contributed by atoms with Crippen molar-refractivity contribution in [2.24, 2.45) is 5.73 Å². The summed E-state index contributed by atoms with van der Waals surface area (Å²) in [7, 11) is 0. The molecule has 0 atom stereocenters. The van der Waals surface area contributed by atoms with E-state index < -0.39 is 0 Å². The van der Waals surface area contributed by atoms with Crippen LogP contribution in [-0.4, -0.2) is 13.2 Å². The second-order valence-electron chi connectivity index (χ2n) is 4.80. The predicted octanol–water partition coefficient (Wildman–Crippen LogP) is 3.07. The quantitative estimate of drug-likeness (QED) is 0.766. The minimum absolute atomic E-state index is 0.792. The molecule has 1 aliphatic rings. The first-order valence-corrected chi connectivity index (χ1v) is 6.85. The molecule has 1 aromatic rings. The summed E-state index contributed by atoms with van der Waals surface area (Å²) in [5.74, 6) is 1.12. The van der Waals surface area contributed by atoms with Gasteiger partial charge in [-0.3, -0.25) is 0 Å². The number of unbranched alkanes of at least 4 members (excludes halogenated alkanes) is 2. The Morgan fingerprint density at radius 2 is 1.94 bits per heavy atom. The third kappa shape index (κ3) is 3.47. The molecule has 0 radical (unpaired) electrons. The first-order chi connectivity index (χ1) is 8.42. The zero-order chi connectivity index (χ0) is 11.9. The fraction of sp³-hybridized carbons (Fsp3) is 0.600. The van der Waals surface area contributed by atoms with Gasteiger partial charge in [-0.05, 0) is 68.7 Å². The van der Waals surface area contributed by atoms with Gasteiger partial charge < -0.3 is 10.5 Å². The molecule has 0 heterocycles. The summed E-state index contributed by atoms with van der Waals surface area (Å²) in [6.45, 7) is 1.62. The Labute approximate surface area is 104 Å². The van der Waals surface area contributed by atoms with Gasteiger partial charge in [0.1, 0.15) is 5.75 Å². The van der Waals surface area contributed by atoms with Crippen molar-refractivity contribution in [3.05, 3.63) is 29.3 Å². The molecule has 0 unspecified atom stereocenters. The van der Waals surface area contributed by atoms with Crippen molar-refractivity contribution < 1.29 is 4.74 Å². The normalized spacial score (nSPS) is 14.4. The molecule has 0 spiro atoms. The maximum atomic E-state index is 5.91. The summed E-state index contributed by atoms with van der Waals surface area (Å²) in [6.07, 6.45) is 8.43. The van der Waals surface area contributed by atoms with Gasteiger partial charge in [0.25, 0.3) is 0 Å². The van der Waals surface area contributed by atoms with Crippen LogP contribution in [0.15, 0.2) is 18.2 Å². The van der Waals surface area contributed by atoms with E-state index in [1.165, 1.54) is 43.2 Å². The summed E-state index contributed by atoms with van der Waals surface area (Å²) in [5.41, 5.74) is 8.42. The van der Waals surface area contributed by atoms with E-state index in [0.717, 1.165) is 31.7 Å². The van der Waals surface area contributed by atoms with Crippen LogP contribution in [-0.2, 0) is 12.8 Å². The Hall–Kier alpha value is -1.02. The molecular weight excluding hydrogens is 210 g/mol. The second kappa shape index (κ2) is 6.65. The highest BCUT2D eigenvalue weighted by Crippen LogP contribution is 2.29. The predicted molar refractivity (Wildman–Crippen MR) is 71.5 cm³/mol. The lowest BCUT2D eigenvalue weighted by atomic mass is 9.91. The summed E-state index contributed by atoms with van der Waals surface area (Å²) in [5, 5.41) is 0. The minimum atomic E-state index is 0.792. The number of fused-ring (bicyclic) bond motifs is 1. The van der Waals surface area contributed by atoms with Gasteiger partial charge in [-0.1, -0.05) is 12.1 Å². The Morgan fingerprint density at radius 1 is 1.06 bits per heavy atom. The molecule has 94 valence electrons. The summed E-state index contributed by atoms with van der Waals surface area (Å²) in [6, 6.07) is 6.49. The van der Waals surface area contributed by atoms with E-state index in [0.29, 0.717) is 0 Å². The van der Waals surface area contributed by atoms with Gasteiger partial charge in [0.15, 0.2) is 0 Å². The van der Waals surface area contributed by atoms with Crippen LogP contribution in [0.5, 0.6) is 5.75 Å². The Bertz CT molecular complexity index is 349. The molecule has 0 saturated heterocycles. The lowest BCUT2D eigenvalue weighted by Gasteiger charge is -2.19. The standard InChI is InChI=1S/C15H23NO/c16-11-4-1-5-12-17-15-10-6-8-13-7-2-3-9-14(13)15/h6,8,10H,1-5,7,9,11-12,16H2. The fourth-order valence-electron chi connectivity index (χ4n) is 2.49. The zero-order valence-electron chi connectivity index (χ0n) is 10.6. The number of ether oxygens (including phenoxy) is 1. The van der Waals surface area contributed by atoms with E-state index >= 15 is 0 Å². The first kappa shape index (κ1) is 12.4. The van der Waals surface area contributed by atoms with Crippen LogP contribution < -0.4 is 10.5 Å². The van der Waals surface area contributed by atoms with Crippen LogP contribution in [0.3, 0.4) is 0 Å². The molecule has 2 N–H and O–H groups in total. The van der Waals surface area contributed by atoms with Gasteiger partial charge in [-0.2, -0.15) is 0 Å². The molecule has 2 rings (SSSR count). The molecule has 0 aromatic heterocycles. The molecule has 0 bridgehead atoms. The lowest BCUT2D eigenvalue weighted by Crippen LogP contribution is -2.07. The zero-order valence-corrected chi connectivity index (χ0v) is 10.6. The molecule has 2 heteroatoms. The molecule has 1 aromatic carbocycles. The van der Waals surface area contributed by atoms with Crippen molar-refractivity contribution in [1.82, 2.24) is 0 Å². The molecule has 0 aliphatic heterocycles. The number of hydrogen-bond acceptors (Lipinski definition) is 2. The van der Waals surface area contributed by atoms with Crippen LogP contribution in [0, 0.1) is 0 Å². The number of aryl methyl sites for hydroxylation is 1. The monoisotopic (exact) mass is 233 g/mol. The molecule has 2 nitrogen and oxygen atoms in total. The molecule has 0 fully saturated rings. The maximum Gasteiger partial charge on any atom is 0.122 e. The molecule has 17 heavy (non-hydrogen) atoms. The van der Waals surface area contributed by atoms with E-state index in [1.807, 2.05) is 0 Å². The molecule has 1 aliphatic carbocycles. The van der Waals surface area contributed by atoms with Crippen LogP contribution in [0.25, 0.3) is 0 Å². The van der Waals surface area contributed by atoms with E-state index in [4.69, 9.17) is 10.5 Å². The molecular formula is C15H23NO. The van der Waals surface area contributed by atoms with E-state index in [9.17, 15) is 0 Å². The van der Waals surface area contributed by atoms with Gasteiger partial charge in [0, 0.05) is 0 Å². The summed E-state index contributed by atoms with van der Waals surface area (Å²) < 4.78 is 5.91. The SMILES string of the molecule is NCCCCCOc1cccc2c1CCCC2. The number of benzene rings is 1. The van der Waals surface area contributed by atoms with Gasteiger partial charge in [0.05, 0.1) is 6.61 Å². The number of rotatable bonds is 6. The van der Waals surface area contributed by atoms with Crippen LogP contribution >= 0.6 is 0 Å². The highest BCUT2D eigenvalue weighted by atomic mass is 16.5. The summed E-state index contributed by atoms with van der Waals surface area (Å²) >= 11 is 0. The van der Waals surface area contributed by atoms with Crippen molar-refractivity contribution in [1.29, 1.82) is 0 Å². The Kier molecular flexibility index (Phi) is 4.87. The van der Waals surface area contributed by atoms with Crippen LogP contribution in [0.4, 0.5) is 0 Å². The van der Waals surface area contributed by atoms with Gasteiger partial charge >= 0.3 is 0 Å². The average Bonchev–Trinajstić information content (AvgIpc) is 2.39. The molecule has 0 saturated carbocycles. The van der Waals surface area contributed by atoms with E-state index in [-0.39, 0.29) is 0 Å². The fourth-order valence-corrected chi connectivity index (χ4v) is 2.49. The van der Waals surface area contributed by atoms with Gasteiger partial charge in [0.2, 0.25) is 0 Å². The topological polar surface area (TPSA) is 35.2 Å². The first-order valence-electron chi connectivity index (χ1n) is 6.85. The van der Waals surface area contributed by atoms with Gasteiger partial charge in [-0.25, -0.2) is 0 Å². The third-order valence-electron chi connectivity index (χ3n) is 3.46. The number of hydrogen-bond donors (Lipinski definition) is 1. The van der Waals surface area contributed by atoms with E-state index in [1.54, 1.807) is 0 Å². The van der Waals surface area contributed by atoms with Crippen molar-refractivity contribution in [2.75, 3.05) is 13.2 Å². The van der Waals surface area contributed by atoms with Crippen LogP contribution in [0.1, 0.15) is 43.2 Å². The number of nitrogens with two attached hydrogens (primary N) is 1. The average molecular weight is 233 g/mol. The minimum Gasteiger partial charge on any atom is -0.493 e. The van der Waals surface area contributed by atoms with E-state index in [2.05, 4.69) is 18.2 Å². The maximum absolute atomic E-state index is 5.91. The van der Waals surface area contributed by atoms with Crippen molar-refractivity contribution in [2.45, 2.75) is 44.9 Å². The third-order valence-corrected chi connectivity index (χ3v) is 3.46. The highest BCUT2D eigenvalue weighted by molar-refractivity contribution is 5.41. The smallest absolute Gasteiger partial charge is 0.122 e. The van der Waals surface area contributed by atoms with Gasteiger partial charge in [-0.15, -0.1) is 0 Å². The summed E-state index contributed by atoms with van der Waals surface area (Å²) in [4.78, 5) is 0. The Balaban J connectivity index is 1.87. The molecule has 0 amide bonds. The van der Waals surface area contributed by atoms with Crippen molar-refractivity contribution >= 4 is 0 Å². The van der Waals surface area contributed by atoms with Crippen molar-refractivity contribution in [3.63, 3.8) is 0 Å². The largest absolute Gasteiger partial charge is 0.493 e. The Morgan fingerprint density at radius 3 is 2.82 bits per heavy atom. The highest BCUT2D eigenvalue weighted by Gasteiger charge is 2.13.